The van der Waals surface area contributed by atoms with E-state index in [1.54, 1.807) is 48.5 Å². The van der Waals surface area contributed by atoms with Crippen molar-refractivity contribution in [2.45, 2.75) is 0 Å². The first-order chi connectivity index (χ1) is 16.0. The Hall–Kier alpha value is -4.04. The van der Waals surface area contributed by atoms with E-state index >= 15 is 0 Å². The van der Waals surface area contributed by atoms with Gasteiger partial charge in [-0.25, -0.2) is 10.2 Å². The highest BCUT2D eigenvalue weighted by Crippen LogP contribution is 2.38. The summed E-state index contributed by atoms with van der Waals surface area (Å²) in [5.41, 5.74) is 3.52. The van der Waals surface area contributed by atoms with E-state index in [0.717, 1.165) is 0 Å². The summed E-state index contributed by atoms with van der Waals surface area (Å²) in [5.74, 6) is 0.283. The summed E-state index contributed by atoms with van der Waals surface area (Å²) < 4.78 is 21.2. The number of carbonyl (C=O) groups excluding carboxylic acids is 2. The normalized spacial score (nSPS) is 10.5. The van der Waals surface area contributed by atoms with Gasteiger partial charge < -0.3 is 18.9 Å². The van der Waals surface area contributed by atoms with Gasteiger partial charge in [-0.2, -0.15) is 5.10 Å². The number of halogens is 1. The van der Waals surface area contributed by atoms with E-state index < -0.39 is 11.9 Å². The zero-order chi connectivity index (χ0) is 23.8. The molecule has 0 aliphatic rings. The maximum Gasteiger partial charge on any atom is 0.343 e. The van der Waals surface area contributed by atoms with Crippen LogP contribution in [0.1, 0.15) is 26.3 Å². The fraction of sp³-hybridized carbons (Fsp3) is 0.125. The highest BCUT2D eigenvalue weighted by molar-refractivity contribution is 6.30. The second-order valence-corrected chi connectivity index (χ2v) is 6.98. The summed E-state index contributed by atoms with van der Waals surface area (Å²) in [6.07, 6.45) is 1.38. The van der Waals surface area contributed by atoms with E-state index in [-0.39, 0.29) is 11.3 Å². The van der Waals surface area contributed by atoms with Crippen molar-refractivity contribution >= 4 is 29.7 Å². The van der Waals surface area contributed by atoms with E-state index in [2.05, 4.69) is 10.5 Å². The number of amides is 1. The number of hydrogen-bond acceptors (Lipinski definition) is 7. The Morgan fingerprint density at radius 3 is 2.09 bits per heavy atom. The second-order valence-electron chi connectivity index (χ2n) is 6.55. The number of carbonyl (C=O) groups is 2. The van der Waals surface area contributed by atoms with Crippen molar-refractivity contribution in [2.24, 2.45) is 5.10 Å². The Labute approximate surface area is 195 Å². The standard InChI is InChI=1S/C24H21ClN2O6/c1-30-20-12-17(13-21(31-2)22(20)32-3)23(28)27-26-14-16-6-4-5-7-19(16)33-24(29)15-8-10-18(25)11-9-15/h4-14H,1-3H3,(H,27,28). The molecule has 0 atom stereocenters. The molecule has 3 aromatic carbocycles. The average Bonchev–Trinajstić information content (AvgIpc) is 2.84. The number of benzene rings is 3. The second kappa shape index (κ2) is 11.0. The third kappa shape index (κ3) is 5.81. The van der Waals surface area contributed by atoms with Crippen molar-refractivity contribution in [1.29, 1.82) is 0 Å². The number of para-hydroxylation sites is 1. The summed E-state index contributed by atoms with van der Waals surface area (Å²) in [7, 11) is 4.39. The Morgan fingerprint density at radius 2 is 1.48 bits per heavy atom. The van der Waals surface area contributed by atoms with Crippen molar-refractivity contribution in [3.8, 4) is 23.0 Å². The number of hydrazone groups is 1. The average molecular weight is 469 g/mol. The molecule has 0 heterocycles. The molecule has 33 heavy (non-hydrogen) atoms. The molecule has 0 unspecified atom stereocenters. The van der Waals surface area contributed by atoms with Crippen LogP contribution in [-0.2, 0) is 0 Å². The molecule has 0 spiro atoms. The zero-order valence-electron chi connectivity index (χ0n) is 18.1. The topological polar surface area (TPSA) is 95.5 Å². The van der Waals surface area contributed by atoms with Crippen LogP contribution in [0.2, 0.25) is 5.02 Å². The van der Waals surface area contributed by atoms with E-state index in [0.29, 0.717) is 33.4 Å². The highest BCUT2D eigenvalue weighted by atomic mass is 35.5. The van der Waals surface area contributed by atoms with E-state index in [9.17, 15) is 9.59 Å². The van der Waals surface area contributed by atoms with Crippen molar-refractivity contribution in [3.05, 3.63) is 82.4 Å². The molecule has 0 aromatic heterocycles. The van der Waals surface area contributed by atoms with Crippen LogP contribution >= 0.6 is 11.6 Å². The molecule has 170 valence electrons. The molecule has 3 aromatic rings. The number of hydrogen-bond donors (Lipinski definition) is 1. The van der Waals surface area contributed by atoms with Gasteiger partial charge in [-0.1, -0.05) is 23.7 Å². The van der Waals surface area contributed by atoms with Gasteiger partial charge in [-0.3, -0.25) is 4.79 Å². The molecular weight excluding hydrogens is 448 g/mol. The van der Waals surface area contributed by atoms with Crippen LogP contribution < -0.4 is 24.4 Å². The van der Waals surface area contributed by atoms with Crippen LogP contribution in [-0.4, -0.2) is 39.4 Å². The summed E-state index contributed by atoms with van der Waals surface area (Å²) in [6.45, 7) is 0. The highest BCUT2D eigenvalue weighted by Gasteiger charge is 2.17. The SMILES string of the molecule is COc1cc(C(=O)NN=Cc2ccccc2OC(=O)c2ccc(Cl)cc2)cc(OC)c1OC. The Kier molecular flexibility index (Phi) is 7.88. The first-order valence-electron chi connectivity index (χ1n) is 9.67. The fourth-order valence-corrected chi connectivity index (χ4v) is 2.99. The maximum atomic E-state index is 12.6. The van der Waals surface area contributed by atoms with Gasteiger partial charge in [0, 0.05) is 16.1 Å². The lowest BCUT2D eigenvalue weighted by atomic mass is 10.1. The van der Waals surface area contributed by atoms with Crippen LogP contribution in [0, 0.1) is 0 Å². The molecule has 0 bridgehead atoms. The van der Waals surface area contributed by atoms with Gasteiger partial charge in [0.15, 0.2) is 11.5 Å². The van der Waals surface area contributed by atoms with Crippen LogP contribution in [0.3, 0.4) is 0 Å². The molecule has 0 radical (unpaired) electrons. The van der Waals surface area contributed by atoms with Gasteiger partial charge in [0.25, 0.3) is 5.91 Å². The molecule has 0 saturated heterocycles. The zero-order valence-corrected chi connectivity index (χ0v) is 18.9. The van der Waals surface area contributed by atoms with Crippen molar-refractivity contribution in [1.82, 2.24) is 5.43 Å². The maximum absolute atomic E-state index is 12.6. The van der Waals surface area contributed by atoms with Gasteiger partial charge in [-0.15, -0.1) is 0 Å². The first kappa shape index (κ1) is 23.6. The number of ether oxygens (including phenoxy) is 4. The van der Waals surface area contributed by atoms with Gasteiger partial charge in [-0.05, 0) is 48.5 Å². The number of nitrogens with one attached hydrogen (secondary N) is 1. The molecule has 0 fully saturated rings. The van der Waals surface area contributed by atoms with Gasteiger partial charge in [0.05, 0.1) is 33.1 Å². The first-order valence-corrected chi connectivity index (χ1v) is 10.0. The minimum atomic E-state index is -0.547. The predicted molar refractivity (Wildman–Crippen MR) is 124 cm³/mol. The van der Waals surface area contributed by atoms with Crippen LogP contribution in [0.15, 0.2) is 65.8 Å². The fourth-order valence-electron chi connectivity index (χ4n) is 2.86. The molecule has 8 nitrogen and oxygen atoms in total. The number of nitrogens with zero attached hydrogens (tertiary/aromatic N) is 1. The van der Waals surface area contributed by atoms with E-state index in [1.165, 1.54) is 39.7 Å². The number of methoxy groups -OCH3 is 3. The summed E-state index contributed by atoms with van der Waals surface area (Å²) in [4.78, 5) is 25.0. The van der Waals surface area contributed by atoms with E-state index in [4.69, 9.17) is 30.5 Å². The van der Waals surface area contributed by atoms with Crippen molar-refractivity contribution in [2.75, 3.05) is 21.3 Å². The Morgan fingerprint density at radius 1 is 0.848 bits per heavy atom. The lowest BCUT2D eigenvalue weighted by Crippen LogP contribution is -2.18. The molecule has 0 saturated carbocycles. The third-order valence-electron chi connectivity index (χ3n) is 4.50. The third-order valence-corrected chi connectivity index (χ3v) is 4.75. The smallest absolute Gasteiger partial charge is 0.343 e. The summed E-state index contributed by atoms with van der Waals surface area (Å²) in [6, 6.07) is 16.1. The molecular formula is C24H21ClN2O6. The predicted octanol–water partition coefficient (Wildman–Crippen LogP) is 4.35. The molecule has 0 aliphatic heterocycles. The molecule has 3 rings (SSSR count). The summed E-state index contributed by atoms with van der Waals surface area (Å²) >= 11 is 5.85. The number of rotatable bonds is 8. The summed E-state index contributed by atoms with van der Waals surface area (Å²) in [5, 5.41) is 4.49. The van der Waals surface area contributed by atoms with Crippen LogP contribution in [0.4, 0.5) is 0 Å². The van der Waals surface area contributed by atoms with Crippen molar-refractivity contribution < 1.29 is 28.5 Å². The van der Waals surface area contributed by atoms with Gasteiger partial charge in [0.1, 0.15) is 5.75 Å². The monoisotopic (exact) mass is 468 g/mol. The molecule has 1 N–H and O–H groups in total. The minimum absolute atomic E-state index is 0.254. The van der Waals surface area contributed by atoms with Gasteiger partial charge >= 0.3 is 5.97 Å². The lowest BCUT2D eigenvalue weighted by Gasteiger charge is -2.13. The molecule has 9 heteroatoms. The quantitative estimate of drug-likeness (QED) is 0.228. The van der Waals surface area contributed by atoms with Crippen LogP contribution in [0.5, 0.6) is 23.0 Å². The molecule has 0 aliphatic carbocycles. The van der Waals surface area contributed by atoms with Gasteiger partial charge in [0.2, 0.25) is 5.75 Å². The van der Waals surface area contributed by atoms with E-state index in [1.807, 2.05) is 0 Å². The lowest BCUT2D eigenvalue weighted by molar-refractivity contribution is 0.0734. The van der Waals surface area contributed by atoms with Crippen molar-refractivity contribution in [3.63, 3.8) is 0 Å². The minimum Gasteiger partial charge on any atom is -0.493 e. The Balaban J connectivity index is 1.74. The molecule has 1 amide bonds. The van der Waals surface area contributed by atoms with Crippen LogP contribution in [0.25, 0.3) is 0 Å². The number of esters is 1. The largest absolute Gasteiger partial charge is 0.493 e. The Bertz CT molecular complexity index is 1150.